The molecule has 100 valence electrons. The van der Waals surface area contributed by atoms with E-state index >= 15 is 0 Å². The van der Waals surface area contributed by atoms with Gasteiger partial charge in [0.05, 0.1) is 18.6 Å². The Hall–Kier alpha value is -1.63. The number of aliphatic carboxylic acids is 1. The SMILES string of the molecule is O=C(O)CCC(=O)N1CC[C@H]2OCC(=O)N[C@H]2C1. The quantitative estimate of drug-likeness (QED) is 0.673. The van der Waals surface area contributed by atoms with Crippen molar-refractivity contribution in [2.45, 2.75) is 31.4 Å². The molecule has 7 heteroatoms. The van der Waals surface area contributed by atoms with Crippen LogP contribution in [-0.2, 0) is 19.1 Å². The fraction of sp³-hybridized carbons (Fsp3) is 0.727. The number of nitrogens with zero attached hydrogens (tertiary/aromatic N) is 1. The van der Waals surface area contributed by atoms with E-state index in [1.54, 1.807) is 4.90 Å². The Balaban J connectivity index is 1.86. The molecule has 0 radical (unpaired) electrons. The Morgan fingerprint density at radius 1 is 1.44 bits per heavy atom. The third kappa shape index (κ3) is 2.98. The molecular weight excluding hydrogens is 240 g/mol. The van der Waals surface area contributed by atoms with Gasteiger partial charge in [-0.3, -0.25) is 14.4 Å². The van der Waals surface area contributed by atoms with Gasteiger partial charge in [-0.05, 0) is 6.42 Å². The molecule has 0 aliphatic carbocycles. The first kappa shape index (κ1) is 12.8. The number of rotatable bonds is 3. The zero-order chi connectivity index (χ0) is 13.1. The van der Waals surface area contributed by atoms with Crippen molar-refractivity contribution in [2.24, 2.45) is 0 Å². The molecule has 2 fully saturated rings. The molecule has 0 aromatic rings. The highest BCUT2D eigenvalue weighted by atomic mass is 16.5. The molecule has 2 N–H and O–H groups in total. The topological polar surface area (TPSA) is 95.9 Å². The summed E-state index contributed by atoms with van der Waals surface area (Å²) in [6.07, 6.45) is 0.476. The monoisotopic (exact) mass is 256 g/mol. The number of ether oxygens (including phenoxy) is 1. The minimum absolute atomic E-state index is 0.00151. The first-order chi connectivity index (χ1) is 8.56. The molecule has 2 heterocycles. The highest BCUT2D eigenvalue weighted by Crippen LogP contribution is 2.18. The summed E-state index contributed by atoms with van der Waals surface area (Å²) in [6, 6.07) is -0.172. The molecule has 2 amide bonds. The van der Waals surface area contributed by atoms with Gasteiger partial charge < -0.3 is 20.1 Å². The normalized spacial score (nSPS) is 27.3. The largest absolute Gasteiger partial charge is 0.481 e. The summed E-state index contributed by atoms with van der Waals surface area (Å²) in [6.45, 7) is 1.03. The average Bonchev–Trinajstić information content (AvgIpc) is 2.34. The van der Waals surface area contributed by atoms with Crippen molar-refractivity contribution in [1.82, 2.24) is 10.2 Å². The molecule has 0 saturated carbocycles. The number of morpholine rings is 1. The second kappa shape index (κ2) is 5.34. The van der Waals surface area contributed by atoms with Crippen LogP contribution in [0.25, 0.3) is 0 Å². The lowest BCUT2D eigenvalue weighted by Crippen LogP contribution is -2.61. The van der Waals surface area contributed by atoms with Gasteiger partial charge in [0.15, 0.2) is 0 Å². The summed E-state index contributed by atoms with van der Waals surface area (Å²) in [5.41, 5.74) is 0. The average molecular weight is 256 g/mol. The van der Waals surface area contributed by atoms with E-state index in [0.717, 1.165) is 0 Å². The Bertz CT molecular complexity index is 370. The number of carbonyl (C=O) groups is 3. The zero-order valence-corrected chi connectivity index (χ0v) is 9.92. The minimum atomic E-state index is -0.979. The summed E-state index contributed by atoms with van der Waals surface area (Å²) in [5.74, 6) is -1.33. The second-order valence-corrected chi connectivity index (χ2v) is 4.55. The summed E-state index contributed by atoms with van der Waals surface area (Å²) >= 11 is 0. The van der Waals surface area contributed by atoms with Gasteiger partial charge in [-0.25, -0.2) is 0 Å². The number of hydrogen-bond acceptors (Lipinski definition) is 4. The van der Waals surface area contributed by atoms with Crippen LogP contribution in [0.2, 0.25) is 0 Å². The van der Waals surface area contributed by atoms with E-state index in [1.165, 1.54) is 0 Å². The van der Waals surface area contributed by atoms with Gasteiger partial charge in [0.1, 0.15) is 6.61 Å². The predicted octanol–water partition coefficient (Wildman–Crippen LogP) is -1.03. The van der Waals surface area contributed by atoms with Crippen LogP contribution in [0, 0.1) is 0 Å². The van der Waals surface area contributed by atoms with Crippen molar-refractivity contribution in [3.63, 3.8) is 0 Å². The van der Waals surface area contributed by atoms with Crippen molar-refractivity contribution in [3.8, 4) is 0 Å². The van der Waals surface area contributed by atoms with E-state index in [-0.39, 0.29) is 43.4 Å². The lowest BCUT2D eigenvalue weighted by atomic mass is 10.00. The van der Waals surface area contributed by atoms with Crippen molar-refractivity contribution >= 4 is 17.8 Å². The van der Waals surface area contributed by atoms with E-state index in [1.807, 2.05) is 0 Å². The van der Waals surface area contributed by atoms with Gasteiger partial charge in [-0.2, -0.15) is 0 Å². The fourth-order valence-electron chi connectivity index (χ4n) is 2.30. The van der Waals surface area contributed by atoms with E-state index in [9.17, 15) is 14.4 Å². The predicted molar refractivity (Wildman–Crippen MR) is 59.7 cm³/mol. The maximum absolute atomic E-state index is 11.8. The van der Waals surface area contributed by atoms with Crippen molar-refractivity contribution in [2.75, 3.05) is 19.7 Å². The Labute approximate surface area is 104 Å². The highest BCUT2D eigenvalue weighted by molar-refractivity contribution is 5.81. The van der Waals surface area contributed by atoms with Crippen LogP contribution in [0.4, 0.5) is 0 Å². The number of hydrogen-bond donors (Lipinski definition) is 2. The Morgan fingerprint density at radius 2 is 2.22 bits per heavy atom. The molecule has 2 saturated heterocycles. The van der Waals surface area contributed by atoms with Crippen molar-refractivity contribution < 1.29 is 24.2 Å². The van der Waals surface area contributed by atoms with Crippen LogP contribution in [-0.4, -0.2) is 59.6 Å². The zero-order valence-electron chi connectivity index (χ0n) is 9.92. The smallest absolute Gasteiger partial charge is 0.303 e. The fourth-order valence-corrected chi connectivity index (χ4v) is 2.30. The number of carboxylic acid groups (broad SMARTS) is 1. The lowest BCUT2D eigenvalue weighted by molar-refractivity contribution is -0.147. The van der Waals surface area contributed by atoms with E-state index in [4.69, 9.17) is 9.84 Å². The number of carbonyl (C=O) groups excluding carboxylic acids is 2. The second-order valence-electron chi connectivity index (χ2n) is 4.55. The maximum atomic E-state index is 11.8. The van der Waals surface area contributed by atoms with Gasteiger partial charge in [0.25, 0.3) is 0 Å². The van der Waals surface area contributed by atoms with E-state index in [0.29, 0.717) is 19.5 Å². The minimum Gasteiger partial charge on any atom is -0.481 e. The number of carboxylic acids is 1. The molecule has 0 aromatic carbocycles. The van der Waals surface area contributed by atoms with Crippen LogP contribution in [0.3, 0.4) is 0 Å². The summed E-state index contributed by atoms with van der Waals surface area (Å²) in [5, 5.41) is 11.3. The molecule has 7 nitrogen and oxygen atoms in total. The van der Waals surface area contributed by atoms with Crippen LogP contribution in [0.15, 0.2) is 0 Å². The van der Waals surface area contributed by atoms with Crippen LogP contribution >= 0.6 is 0 Å². The molecule has 18 heavy (non-hydrogen) atoms. The molecule has 0 aromatic heterocycles. The van der Waals surface area contributed by atoms with Crippen LogP contribution in [0.5, 0.6) is 0 Å². The van der Waals surface area contributed by atoms with E-state index in [2.05, 4.69) is 5.32 Å². The lowest BCUT2D eigenvalue weighted by Gasteiger charge is -2.41. The molecular formula is C11H16N2O5. The van der Waals surface area contributed by atoms with Crippen molar-refractivity contribution in [3.05, 3.63) is 0 Å². The molecule has 0 unspecified atom stereocenters. The number of amides is 2. The molecule has 2 aliphatic rings. The molecule has 2 rings (SSSR count). The highest BCUT2D eigenvalue weighted by Gasteiger charge is 2.36. The molecule has 2 aliphatic heterocycles. The van der Waals surface area contributed by atoms with Gasteiger partial charge in [0, 0.05) is 19.5 Å². The number of nitrogens with one attached hydrogen (secondary N) is 1. The first-order valence-electron chi connectivity index (χ1n) is 5.97. The van der Waals surface area contributed by atoms with Gasteiger partial charge in [-0.15, -0.1) is 0 Å². The Morgan fingerprint density at radius 3 is 2.94 bits per heavy atom. The third-order valence-corrected chi connectivity index (χ3v) is 3.23. The van der Waals surface area contributed by atoms with Gasteiger partial charge >= 0.3 is 5.97 Å². The van der Waals surface area contributed by atoms with E-state index < -0.39 is 5.97 Å². The molecule has 0 bridgehead atoms. The summed E-state index contributed by atoms with van der Waals surface area (Å²) in [7, 11) is 0. The van der Waals surface area contributed by atoms with Gasteiger partial charge in [0.2, 0.25) is 11.8 Å². The first-order valence-corrected chi connectivity index (χ1v) is 5.97. The van der Waals surface area contributed by atoms with Crippen LogP contribution in [0.1, 0.15) is 19.3 Å². The molecule has 2 atom stereocenters. The van der Waals surface area contributed by atoms with Gasteiger partial charge in [-0.1, -0.05) is 0 Å². The Kier molecular flexibility index (Phi) is 3.81. The summed E-state index contributed by atoms with van der Waals surface area (Å²) in [4.78, 5) is 35.0. The standard InChI is InChI=1S/C11H16N2O5/c14-9-6-18-8-3-4-13(5-7(8)12-9)10(15)1-2-11(16)17/h7-8H,1-6H2,(H,12,14)(H,16,17)/t7-,8+/m0/s1. The third-order valence-electron chi connectivity index (χ3n) is 3.23. The summed E-state index contributed by atoms with van der Waals surface area (Å²) < 4.78 is 5.38. The number of fused-ring (bicyclic) bond motifs is 1. The number of likely N-dealkylation sites (tertiary alicyclic amines) is 1. The maximum Gasteiger partial charge on any atom is 0.303 e. The van der Waals surface area contributed by atoms with Crippen molar-refractivity contribution in [1.29, 1.82) is 0 Å². The number of piperidine rings is 1. The molecule has 0 spiro atoms. The van der Waals surface area contributed by atoms with Crippen LogP contribution < -0.4 is 5.32 Å².